The van der Waals surface area contributed by atoms with Crippen molar-refractivity contribution in [2.75, 3.05) is 6.54 Å². The summed E-state index contributed by atoms with van der Waals surface area (Å²) in [5.41, 5.74) is 0. The molecular weight excluding hydrogens is 158 g/mol. The predicted octanol–water partition coefficient (Wildman–Crippen LogP) is 0.900. The molecule has 0 aromatic rings. The first-order valence-electron chi connectivity index (χ1n) is 4.29. The van der Waals surface area contributed by atoms with Gasteiger partial charge in [-0.25, -0.2) is 4.79 Å². The number of nitrogens with zero attached hydrogens (tertiary/aromatic N) is 1. The lowest BCUT2D eigenvalue weighted by molar-refractivity contribution is 0.0898. The Hall–Kier alpha value is -0.770. The molecule has 1 saturated heterocycles. The summed E-state index contributed by atoms with van der Waals surface area (Å²) in [6.07, 6.45) is 1.07. The van der Waals surface area contributed by atoms with Gasteiger partial charge < -0.3 is 15.1 Å². The second kappa shape index (κ2) is 3.76. The number of hydrogen-bond acceptors (Lipinski definition) is 2. The third kappa shape index (κ3) is 2.11. The summed E-state index contributed by atoms with van der Waals surface area (Å²) in [4.78, 5) is 12.0. The Bertz CT molecular complexity index is 172. The number of amides is 1. The molecule has 1 aliphatic heterocycles. The molecule has 0 radical (unpaired) electrons. The Kier molecular flexibility index (Phi) is 2.92. The van der Waals surface area contributed by atoms with Gasteiger partial charge in [0, 0.05) is 6.04 Å². The average Bonchev–Trinajstić information content (AvgIpc) is 2.13. The van der Waals surface area contributed by atoms with Crippen LogP contribution in [-0.2, 0) is 0 Å². The minimum atomic E-state index is -0.927. The fourth-order valence-corrected chi connectivity index (χ4v) is 1.57. The molecule has 1 rings (SSSR count). The van der Waals surface area contributed by atoms with E-state index in [4.69, 9.17) is 5.11 Å². The van der Waals surface area contributed by atoms with Crippen LogP contribution in [0.4, 0.5) is 4.79 Å². The minimum Gasteiger partial charge on any atom is -0.465 e. The van der Waals surface area contributed by atoms with Gasteiger partial charge in [-0.3, -0.25) is 0 Å². The molecular formula is C8H15NO3. The Balaban J connectivity index is 2.60. The maximum atomic E-state index is 10.7. The topological polar surface area (TPSA) is 60.8 Å². The molecule has 1 aliphatic rings. The van der Waals surface area contributed by atoms with E-state index in [9.17, 15) is 9.90 Å². The lowest BCUT2D eigenvalue weighted by Crippen LogP contribution is -2.40. The molecule has 2 unspecified atom stereocenters. The summed E-state index contributed by atoms with van der Waals surface area (Å²) in [5.74, 6) is 0. The van der Waals surface area contributed by atoms with Crippen LogP contribution in [0.2, 0.25) is 0 Å². The molecule has 0 aliphatic carbocycles. The molecule has 0 aromatic heterocycles. The average molecular weight is 173 g/mol. The monoisotopic (exact) mass is 173 g/mol. The molecule has 4 nitrogen and oxygen atoms in total. The Morgan fingerprint density at radius 2 is 2.17 bits per heavy atom. The van der Waals surface area contributed by atoms with Gasteiger partial charge in [-0.15, -0.1) is 0 Å². The standard InChI is InChI=1S/C8H15NO3/c1-6-3-2-4-7(10)5-9(6)8(11)12/h6-7,10H,2-5H2,1H3,(H,11,12). The van der Waals surface area contributed by atoms with E-state index in [1.807, 2.05) is 6.92 Å². The number of aliphatic hydroxyl groups is 1. The van der Waals surface area contributed by atoms with Gasteiger partial charge in [0.1, 0.15) is 0 Å². The second-order valence-corrected chi connectivity index (χ2v) is 3.37. The molecule has 0 saturated carbocycles. The normalized spacial score (nSPS) is 31.3. The van der Waals surface area contributed by atoms with Crippen molar-refractivity contribution >= 4 is 6.09 Å². The van der Waals surface area contributed by atoms with Gasteiger partial charge in [-0.05, 0) is 26.2 Å². The molecule has 4 heteroatoms. The molecule has 12 heavy (non-hydrogen) atoms. The Morgan fingerprint density at radius 3 is 2.75 bits per heavy atom. The van der Waals surface area contributed by atoms with Crippen molar-refractivity contribution in [1.29, 1.82) is 0 Å². The SMILES string of the molecule is CC1CCCC(O)CN1C(=O)O. The van der Waals surface area contributed by atoms with Gasteiger partial charge in [-0.1, -0.05) is 0 Å². The first-order chi connectivity index (χ1) is 5.61. The van der Waals surface area contributed by atoms with Crippen LogP contribution in [0.15, 0.2) is 0 Å². The van der Waals surface area contributed by atoms with Crippen LogP contribution in [-0.4, -0.2) is 39.9 Å². The first kappa shape index (κ1) is 9.32. The molecule has 0 spiro atoms. The second-order valence-electron chi connectivity index (χ2n) is 3.37. The number of aliphatic hydroxyl groups excluding tert-OH is 1. The summed E-state index contributed by atoms with van der Waals surface area (Å²) in [6.45, 7) is 2.14. The molecule has 2 atom stereocenters. The van der Waals surface area contributed by atoms with E-state index in [0.29, 0.717) is 6.42 Å². The van der Waals surface area contributed by atoms with Crippen molar-refractivity contribution in [3.63, 3.8) is 0 Å². The van der Waals surface area contributed by atoms with Gasteiger partial charge in [0.25, 0.3) is 0 Å². The fraction of sp³-hybridized carbons (Fsp3) is 0.875. The van der Waals surface area contributed by atoms with E-state index in [-0.39, 0.29) is 12.6 Å². The molecule has 1 fully saturated rings. The zero-order valence-electron chi connectivity index (χ0n) is 7.23. The van der Waals surface area contributed by atoms with Gasteiger partial charge in [-0.2, -0.15) is 0 Å². The van der Waals surface area contributed by atoms with Crippen LogP contribution >= 0.6 is 0 Å². The van der Waals surface area contributed by atoms with Gasteiger partial charge in [0.2, 0.25) is 0 Å². The van der Waals surface area contributed by atoms with Crippen LogP contribution in [0.5, 0.6) is 0 Å². The van der Waals surface area contributed by atoms with Crippen molar-refractivity contribution in [2.45, 2.75) is 38.3 Å². The molecule has 0 aromatic carbocycles. The molecule has 2 N–H and O–H groups in total. The van der Waals surface area contributed by atoms with Gasteiger partial charge in [0.15, 0.2) is 0 Å². The number of rotatable bonds is 0. The van der Waals surface area contributed by atoms with Crippen LogP contribution in [0.1, 0.15) is 26.2 Å². The molecule has 70 valence electrons. The van der Waals surface area contributed by atoms with Crippen LogP contribution in [0.3, 0.4) is 0 Å². The highest BCUT2D eigenvalue weighted by Crippen LogP contribution is 2.16. The summed E-state index contributed by atoms with van der Waals surface area (Å²) >= 11 is 0. The van der Waals surface area contributed by atoms with Crippen molar-refractivity contribution in [3.05, 3.63) is 0 Å². The number of carboxylic acid groups (broad SMARTS) is 1. The summed E-state index contributed by atoms with van der Waals surface area (Å²) < 4.78 is 0. The summed E-state index contributed by atoms with van der Waals surface area (Å²) in [6, 6.07) is 0.0413. The molecule has 1 heterocycles. The third-order valence-corrected chi connectivity index (χ3v) is 2.34. The lowest BCUT2D eigenvalue weighted by Gasteiger charge is -2.24. The quantitative estimate of drug-likeness (QED) is 0.572. The van der Waals surface area contributed by atoms with Crippen LogP contribution in [0.25, 0.3) is 0 Å². The van der Waals surface area contributed by atoms with Crippen LogP contribution in [0, 0.1) is 0 Å². The summed E-state index contributed by atoms with van der Waals surface area (Å²) in [7, 11) is 0. The lowest BCUT2D eigenvalue weighted by atomic mass is 10.1. The predicted molar refractivity (Wildman–Crippen MR) is 44.1 cm³/mol. The number of carbonyl (C=O) groups is 1. The maximum absolute atomic E-state index is 10.7. The van der Waals surface area contributed by atoms with E-state index in [0.717, 1.165) is 12.8 Å². The number of β-amino-alcohol motifs (C(OH)–C–C–N with tert-alkyl or cyclic N) is 1. The zero-order chi connectivity index (χ0) is 9.14. The molecule has 0 bridgehead atoms. The minimum absolute atomic E-state index is 0.0413. The van der Waals surface area contributed by atoms with E-state index >= 15 is 0 Å². The highest BCUT2D eigenvalue weighted by Gasteiger charge is 2.25. The van der Waals surface area contributed by atoms with E-state index in [2.05, 4.69) is 0 Å². The molecule has 1 amide bonds. The van der Waals surface area contributed by atoms with Crippen LogP contribution < -0.4 is 0 Å². The van der Waals surface area contributed by atoms with Gasteiger partial charge >= 0.3 is 6.09 Å². The highest BCUT2D eigenvalue weighted by molar-refractivity contribution is 5.65. The zero-order valence-corrected chi connectivity index (χ0v) is 7.23. The van der Waals surface area contributed by atoms with Crippen molar-refractivity contribution in [1.82, 2.24) is 4.90 Å². The van der Waals surface area contributed by atoms with Crippen molar-refractivity contribution in [3.8, 4) is 0 Å². The highest BCUT2D eigenvalue weighted by atomic mass is 16.4. The third-order valence-electron chi connectivity index (χ3n) is 2.34. The van der Waals surface area contributed by atoms with Gasteiger partial charge in [0.05, 0.1) is 12.6 Å². The number of likely N-dealkylation sites (tertiary alicyclic amines) is 1. The first-order valence-corrected chi connectivity index (χ1v) is 4.29. The smallest absolute Gasteiger partial charge is 0.407 e. The van der Waals surface area contributed by atoms with E-state index in [1.165, 1.54) is 4.90 Å². The van der Waals surface area contributed by atoms with Crippen molar-refractivity contribution in [2.24, 2.45) is 0 Å². The fourth-order valence-electron chi connectivity index (χ4n) is 1.57. The largest absolute Gasteiger partial charge is 0.465 e. The van der Waals surface area contributed by atoms with E-state index in [1.54, 1.807) is 0 Å². The van der Waals surface area contributed by atoms with Crippen molar-refractivity contribution < 1.29 is 15.0 Å². The van der Waals surface area contributed by atoms with E-state index < -0.39 is 12.2 Å². The Morgan fingerprint density at radius 1 is 1.50 bits per heavy atom. The Labute approximate surface area is 71.8 Å². The number of hydrogen-bond donors (Lipinski definition) is 2. The summed E-state index contributed by atoms with van der Waals surface area (Å²) in [5, 5.41) is 18.1. The maximum Gasteiger partial charge on any atom is 0.407 e.